The lowest BCUT2D eigenvalue weighted by Gasteiger charge is -2.32. The first kappa shape index (κ1) is 19.9. The van der Waals surface area contributed by atoms with Gasteiger partial charge >= 0.3 is 0 Å². The van der Waals surface area contributed by atoms with E-state index < -0.39 is 0 Å². The number of rotatable bonds is 5. The summed E-state index contributed by atoms with van der Waals surface area (Å²) < 4.78 is 0.814. The standard InChI is InChI=1S/C20H26ClN3O3S/c21-17-6-5-14(28-17)13-22-9-11-23(12-10-22)18(25)7-8-24-19(26)15-3-1-2-4-16(15)20(24)27/h5-6,15-16H,1-4,7-13H2/p+1/t15-,16+. The van der Waals surface area contributed by atoms with Crippen LogP contribution in [0.3, 0.4) is 0 Å². The second-order valence-electron chi connectivity index (χ2n) is 8.09. The molecule has 28 heavy (non-hydrogen) atoms. The van der Waals surface area contributed by atoms with E-state index in [1.165, 1.54) is 14.7 Å². The highest BCUT2D eigenvalue weighted by molar-refractivity contribution is 7.16. The van der Waals surface area contributed by atoms with Crippen LogP contribution in [0.2, 0.25) is 4.34 Å². The summed E-state index contributed by atoms with van der Waals surface area (Å²) in [5.41, 5.74) is 0. The number of nitrogens with zero attached hydrogens (tertiary/aromatic N) is 2. The minimum absolute atomic E-state index is 0.0497. The molecule has 4 rings (SSSR count). The highest BCUT2D eigenvalue weighted by Crippen LogP contribution is 2.38. The van der Waals surface area contributed by atoms with Crippen molar-refractivity contribution in [3.63, 3.8) is 0 Å². The Morgan fingerprint density at radius 1 is 1.11 bits per heavy atom. The van der Waals surface area contributed by atoms with Gasteiger partial charge in [-0.15, -0.1) is 11.3 Å². The van der Waals surface area contributed by atoms with E-state index in [-0.39, 0.29) is 42.5 Å². The van der Waals surface area contributed by atoms with Gasteiger partial charge in [-0.05, 0) is 25.0 Å². The third kappa shape index (κ3) is 4.11. The summed E-state index contributed by atoms with van der Waals surface area (Å²) in [5, 5.41) is 0. The number of fused-ring (bicyclic) bond motifs is 1. The molecule has 0 aromatic carbocycles. The van der Waals surface area contributed by atoms with E-state index in [0.717, 1.165) is 62.7 Å². The van der Waals surface area contributed by atoms with Gasteiger partial charge in [-0.25, -0.2) is 0 Å². The van der Waals surface area contributed by atoms with Crippen LogP contribution in [0.1, 0.15) is 37.0 Å². The van der Waals surface area contributed by atoms with Gasteiger partial charge in [0.2, 0.25) is 17.7 Å². The van der Waals surface area contributed by atoms with Crippen molar-refractivity contribution in [3.8, 4) is 0 Å². The maximum atomic E-state index is 12.6. The number of imide groups is 1. The Morgan fingerprint density at radius 3 is 2.32 bits per heavy atom. The quantitative estimate of drug-likeness (QED) is 0.722. The fourth-order valence-electron chi connectivity index (χ4n) is 4.76. The Balaban J connectivity index is 1.24. The monoisotopic (exact) mass is 424 g/mol. The molecule has 2 saturated heterocycles. The number of hydrogen-bond acceptors (Lipinski definition) is 4. The molecule has 3 aliphatic rings. The van der Waals surface area contributed by atoms with Crippen LogP contribution >= 0.6 is 22.9 Å². The Bertz CT molecular complexity index is 736. The average molecular weight is 425 g/mol. The minimum Gasteiger partial charge on any atom is -0.331 e. The number of carbonyl (C=O) groups is 3. The molecule has 3 heterocycles. The van der Waals surface area contributed by atoms with Crippen LogP contribution in [-0.4, -0.2) is 60.2 Å². The Morgan fingerprint density at radius 2 is 1.75 bits per heavy atom. The molecule has 1 aliphatic carbocycles. The van der Waals surface area contributed by atoms with Crippen LogP contribution in [-0.2, 0) is 20.9 Å². The zero-order chi connectivity index (χ0) is 19.7. The smallest absolute Gasteiger partial charge is 0.233 e. The summed E-state index contributed by atoms with van der Waals surface area (Å²) in [7, 11) is 0. The van der Waals surface area contributed by atoms with Crippen molar-refractivity contribution in [2.45, 2.75) is 38.6 Å². The highest BCUT2D eigenvalue weighted by atomic mass is 35.5. The average Bonchev–Trinajstić information content (AvgIpc) is 3.22. The summed E-state index contributed by atoms with van der Waals surface area (Å²) in [6.07, 6.45) is 3.93. The van der Waals surface area contributed by atoms with Gasteiger partial charge < -0.3 is 9.80 Å². The number of hydrogen-bond donors (Lipinski definition) is 1. The molecule has 0 bridgehead atoms. The number of amides is 3. The summed E-state index contributed by atoms with van der Waals surface area (Å²) >= 11 is 7.61. The Kier molecular flexibility index (Phi) is 6.04. The number of thiophene rings is 1. The Hall–Kier alpha value is -1.44. The zero-order valence-electron chi connectivity index (χ0n) is 16.0. The van der Waals surface area contributed by atoms with Gasteiger partial charge in [0.05, 0.1) is 47.2 Å². The van der Waals surface area contributed by atoms with Gasteiger partial charge in [-0.3, -0.25) is 19.3 Å². The fourth-order valence-corrected chi connectivity index (χ4v) is 5.92. The molecule has 3 fully saturated rings. The van der Waals surface area contributed by atoms with E-state index in [1.54, 1.807) is 11.3 Å². The van der Waals surface area contributed by atoms with Crippen LogP contribution in [0.25, 0.3) is 0 Å². The molecular formula is C20H27ClN3O3S+. The van der Waals surface area contributed by atoms with Gasteiger partial charge in [0, 0.05) is 13.0 Å². The minimum atomic E-state index is -0.130. The van der Waals surface area contributed by atoms with E-state index in [2.05, 4.69) is 6.07 Å². The predicted octanol–water partition coefficient (Wildman–Crippen LogP) is 1.19. The van der Waals surface area contributed by atoms with Crippen LogP contribution < -0.4 is 4.90 Å². The molecule has 3 amide bonds. The molecule has 0 unspecified atom stereocenters. The summed E-state index contributed by atoms with van der Waals surface area (Å²) in [4.78, 5) is 43.6. The lowest BCUT2D eigenvalue weighted by Crippen LogP contribution is -3.13. The van der Waals surface area contributed by atoms with E-state index in [4.69, 9.17) is 11.6 Å². The van der Waals surface area contributed by atoms with E-state index in [0.29, 0.717) is 0 Å². The van der Waals surface area contributed by atoms with Gasteiger partial charge in [-0.1, -0.05) is 24.4 Å². The topological polar surface area (TPSA) is 62.1 Å². The third-order valence-electron chi connectivity index (χ3n) is 6.36. The Labute approximate surface area is 174 Å². The molecule has 6 nitrogen and oxygen atoms in total. The molecule has 8 heteroatoms. The largest absolute Gasteiger partial charge is 0.331 e. The molecule has 152 valence electrons. The van der Waals surface area contributed by atoms with Gasteiger partial charge in [-0.2, -0.15) is 0 Å². The molecule has 1 aromatic rings. The summed E-state index contributed by atoms with van der Waals surface area (Å²) in [6, 6.07) is 4.00. The van der Waals surface area contributed by atoms with Crippen LogP contribution in [0.5, 0.6) is 0 Å². The van der Waals surface area contributed by atoms with Crippen molar-refractivity contribution in [1.29, 1.82) is 0 Å². The fraction of sp³-hybridized carbons (Fsp3) is 0.650. The molecule has 0 spiro atoms. The van der Waals surface area contributed by atoms with Gasteiger partial charge in [0.15, 0.2) is 0 Å². The number of piperazine rings is 1. The second kappa shape index (κ2) is 8.51. The normalized spacial score (nSPS) is 26.0. The lowest BCUT2D eigenvalue weighted by atomic mass is 9.81. The predicted molar refractivity (Wildman–Crippen MR) is 107 cm³/mol. The van der Waals surface area contributed by atoms with Crippen molar-refractivity contribution in [1.82, 2.24) is 9.80 Å². The third-order valence-corrected chi connectivity index (χ3v) is 7.59. The van der Waals surface area contributed by atoms with Gasteiger partial charge in [0.1, 0.15) is 6.54 Å². The van der Waals surface area contributed by atoms with Crippen LogP contribution in [0.4, 0.5) is 0 Å². The lowest BCUT2D eigenvalue weighted by molar-refractivity contribution is -0.917. The molecule has 0 radical (unpaired) electrons. The van der Waals surface area contributed by atoms with E-state index in [1.807, 2.05) is 11.0 Å². The second-order valence-corrected chi connectivity index (χ2v) is 9.89. The van der Waals surface area contributed by atoms with Crippen molar-refractivity contribution >= 4 is 40.7 Å². The first-order valence-corrected chi connectivity index (χ1v) is 11.4. The van der Waals surface area contributed by atoms with Crippen molar-refractivity contribution in [2.75, 3.05) is 32.7 Å². The van der Waals surface area contributed by atoms with Crippen molar-refractivity contribution < 1.29 is 19.3 Å². The summed E-state index contributed by atoms with van der Waals surface area (Å²) in [5.74, 6) is -0.310. The number of likely N-dealkylation sites (tertiary alicyclic amines) is 1. The molecule has 1 N–H and O–H groups in total. The summed E-state index contributed by atoms with van der Waals surface area (Å²) in [6.45, 7) is 4.45. The maximum absolute atomic E-state index is 12.6. The van der Waals surface area contributed by atoms with Crippen molar-refractivity contribution in [2.24, 2.45) is 11.8 Å². The first-order valence-electron chi connectivity index (χ1n) is 10.2. The van der Waals surface area contributed by atoms with Crippen LogP contribution in [0.15, 0.2) is 12.1 Å². The number of nitrogens with one attached hydrogen (secondary N) is 1. The van der Waals surface area contributed by atoms with Crippen LogP contribution in [0, 0.1) is 11.8 Å². The molecule has 2 atom stereocenters. The molecule has 1 aromatic heterocycles. The van der Waals surface area contributed by atoms with E-state index in [9.17, 15) is 14.4 Å². The SMILES string of the molecule is O=C(CCN1C(=O)[C@H]2CCCC[C@H]2C1=O)N1CC[NH+](Cc2ccc(Cl)s2)CC1. The molecule has 2 aliphatic heterocycles. The number of halogens is 1. The van der Waals surface area contributed by atoms with Crippen molar-refractivity contribution in [3.05, 3.63) is 21.3 Å². The maximum Gasteiger partial charge on any atom is 0.233 e. The first-order chi connectivity index (χ1) is 13.5. The highest BCUT2D eigenvalue weighted by Gasteiger charge is 2.47. The zero-order valence-corrected chi connectivity index (χ0v) is 17.6. The number of carbonyl (C=O) groups excluding carboxylic acids is 3. The van der Waals surface area contributed by atoms with E-state index >= 15 is 0 Å². The molecule has 1 saturated carbocycles. The number of quaternary nitrogens is 1. The van der Waals surface area contributed by atoms with Gasteiger partial charge in [0.25, 0.3) is 0 Å². The molecular weight excluding hydrogens is 398 g/mol.